The van der Waals surface area contributed by atoms with Crippen LogP contribution >= 0.6 is 0 Å². The molecule has 1 rings (SSSR count). The number of esters is 1. The van der Waals surface area contributed by atoms with Gasteiger partial charge in [-0.05, 0) is 65.7 Å². The van der Waals surface area contributed by atoms with Crippen LogP contribution < -0.4 is 0 Å². The Morgan fingerprint density at radius 2 is 1.81 bits per heavy atom. The van der Waals surface area contributed by atoms with Crippen LogP contribution in [0.15, 0.2) is 12.2 Å². The van der Waals surface area contributed by atoms with Crippen LogP contribution in [0.5, 0.6) is 0 Å². The maximum Gasteiger partial charge on any atom is 0.410 e. The zero-order valence-electron chi connectivity index (χ0n) is 20.9. The highest BCUT2D eigenvalue weighted by Gasteiger charge is 2.46. The number of carbonyl (C=O) groups is 3. The topological polar surface area (TPSA) is 76.2 Å². The molecule has 7 nitrogen and oxygen atoms in total. The summed E-state index contributed by atoms with van der Waals surface area (Å²) in [5, 5.41) is 0. The molecule has 0 radical (unpaired) electrons. The lowest BCUT2D eigenvalue weighted by atomic mass is 9.89. The second-order valence-electron chi connectivity index (χ2n) is 9.94. The van der Waals surface area contributed by atoms with Crippen LogP contribution in [-0.2, 0) is 19.1 Å². The summed E-state index contributed by atoms with van der Waals surface area (Å²) in [4.78, 5) is 42.4. The molecule has 0 N–H and O–H groups in total. The molecule has 178 valence electrons. The van der Waals surface area contributed by atoms with Crippen molar-refractivity contribution >= 4 is 18.0 Å². The lowest BCUT2D eigenvalue weighted by Crippen LogP contribution is -2.59. The van der Waals surface area contributed by atoms with Crippen LogP contribution in [0.25, 0.3) is 0 Å². The number of rotatable bonds is 8. The van der Waals surface area contributed by atoms with E-state index in [-0.39, 0.29) is 23.8 Å². The number of ether oxygens (including phenoxy) is 2. The third-order valence-corrected chi connectivity index (χ3v) is 5.90. The van der Waals surface area contributed by atoms with Crippen molar-refractivity contribution in [2.24, 2.45) is 11.8 Å². The van der Waals surface area contributed by atoms with Gasteiger partial charge in [0.05, 0.1) is 7.11 Å². The SMILES string of the molecule is C=C(C)CC(C)[C@@H](CC)N(C(=O)[C@H]1[C@H](C)CCN1C(=O)OC(C)(C)C)[C@@H](C)C(=O)OC. The summed E-state index contributed by atoms with van der Waals surface area (Å²) in [6, 6.07) is -1.62. The first-order chi connectivity index (χ1) is 14.2. The highest BCUT2D eigenvalue weighted by molar-refractivity contribution is 5.90. The van der Waals surface area contributed by atoms with E-state index in [4.69, 9.17) is 9.47 Å². The Hall–Kier alpha value is -2.05. The van der Waals surface area contributed by atoms with Crippen molar-refractivity contribution in [2.45, 2.75) is 98.4 Å². The van der Waals surface area contributed by atoms with Crippen molar-refractivity contribution in [1.82, 2.24) is 9.80 Å². The number of likely N-dealkylation sites (tertiary alicyclic amines) is 1. The van der Waals surface area contributed by atoms with Gasteiger partial charge in [-0.1, -0.05) is 26.3 Å². The van der Waals surface area contributed by atoms with Crippen LogP contribution in [-0.4, -0.2) is 65.2 Å². The van der Waals surface area contributed by atoms with E-state index in [1.807, 2.05) is 20.8 Å². The zero-order valence-corrected chi connectivity index (χ0v) is 20.9. The quantitative estimate of drug-likeness (QED) is 0.415. The van der Waals surface area contributed by atoms with Crippen molar-refractivity contribution < 1.29 is 23.9 Å². The van der Waals surface area contributed by atoms with Gasteiger partial charge in [-0.3, -0.25) is 9.69 Å². The van der Waals surface area contributed by atoms with Crippen LogP contribution in [0.3, 0.4) is 0 Å². The maximum absolute atomic E-state index is 13.9. The van der Waals surface area contributed by atoms with E-state index in [2.05, 4.69) is 13.5 Å². The first kappa shape index (κ1) is 27.0. The van der Waals surface area contributed by atoms with Gasteiger partial charge in [0.15, 0.2) is 0 Å². The Labute approximate surface area is 188 Å². The van der Waals surface area contributed by atoms with Gasteiger partial charge < -0.3 is 14.4 Å². The molecule has 1 aliphatic rings. The average molecular weight is 439 g/mol. The molecule has 2 amide bonds. The van der Waals surface area contributed by atoms with Gasteiger partial charge in [0.25, 0.3) is 0 Å². The first-order valence-electron chi connectivity index (χ1n) is 11.3. The summed E-state index contributed by atoms with van der Waals surface area (Å²) in [5.41, 5.74) is 0.367. The van der Waals surface area contributed by atoms with Crippen molar-refractivity contribution in [2.75, 3.05) is 13.7 Å². The standard InChI is InChI=1S/C24H42N2O5/c1-11-19(17(5)14-15(2)3)26(18(6)22(28)30-10)21(27)20-16(4)12-13-25(20)23(29)31-24(7,8)9/h16-20H,2,11-14H2,1,3-10H3/t16-,17?,18+,19-,20-/m1/s1. The monoisotopic (exact) mass is 438 g/mol. The predicted molar refractivity (Wildman–Crippen MR) is 122 cm³/mol. The fraction of sp³-hybridized carbons (Fsp3) is 0.792. The Bertz CT molecular complexity index is 669. The fourth-order valence-corrected chi connectivity index (χ4v) is 4.49. The van der Waals surface area contributed by atoms with Gasteiger partial charge in [0.1, 0.15) is 17.7 Å². The van der Waals surface area contributed by atoms with Gasteiger partial charge in [-0.25, -0.2) is 9.59 Å². The van der Waals surface area contributed by atoms with Crippen LogP contribution in [0.4, 0.5) is 4.79 Å². The van der Waals surface area contributed by atoms with Crippen molar-refractivity contribution in [3.8, 4) is 0 Å². The Balaban J connectivity index is 3.34. The van der Waals surface area contributed by atoms with Crippen molar-refractivity contribution in [3.63, 3.8) is 0 Å². The summed E-state index contributed by atoms with van der Waals surface area (Å²) >= 11 is 0. The summed E-state index contributed by atoms with van der Waals surface area (Å²) in [6.07, 6.45) is 1.62. The second-order valence-corrected chi connectivity index (χ2v) is 9.94. The number of methoxy groups -OCH3 is 1. The Kier molecular flexibility index (Phi) is 9.58. The molecule has 0 bridgehead atoms. The van der Waals surface area contributed by atoms with E-state index < -0.39 is 29.7 Å². The minimum absolute atomic E-state index is 0.0404. The van der Waals surface area contributed by atoms with E-state index >= 15 is 0 Å². The summed E-state index contributed by atoms with van der Waals surface area (Å²) in [5.74, 6) is -0.635. The first-order valence-corrected chi connectivity index (χ1v) is 11.3. The highest BCUT2D eigenvalue weighted by atomic mass is 16.6. The molecule has 0 aromatic carbocycles. The van der Waals surface area contributed by atoms with Crippen LogP contribution in [0.2, 0.25) is 0 Å². The minimum atomic E-state index is -0.761. The summed E-state index contributed by atoms with van der Waals surface area (Å²) in [6.45, 7) is 19.6. The van der Waals surface area contributed by atoms with Gasteiger partial charge in [-0.2, -0.15) is 0 Å². The Morgan fingerprint density at radius 3 is 2.26 bits per heavy atom. The molecule has 1 aliphatic heterocycles. The number of amides is 2. The number of allylic oxidation sites excluding steroid dienone is 1. The molecule has 1 heterocycles. The summed E-state index contributed by atoms with van der Waals surface area (Å²) < 4.78 is 10.5. The predicted octanol–water partition coefficient (Wildman–Crippen LogP) is 4.40. The van der Waals surface area contributed by atoms with E-state index in [0.29, 0.717) is 19.4 Å². The molecular formula is C24H42N2O5. The molecule has 0 aromatic heterocycles. The smallest absolute Gasteiger partial charge is 0.410 e. The number of hydrogen-bond acceptors (Lipinski definition) is 5. The number of carbonyl (C=O) groups excluding carboxylic acids is 3. The van der Waals surface area contributed by atoms with Crippen molar-refractivity contribution in [3.05, 3.63) is 12.2 Å². The van der Waals surface area contributed by atoms with E-state index in [0.717, 1.165) is 12.0 Å². The zero-order chi connectivity index (χ0) is 24.1. The molecule has 0 aliphatic carbocycles. The van der Waals surface area contributed by atoms with E-state index in [1.54, 1.807) is 32.6 Å². The normalized spacial score (nSPS) is 21.8. The molecule has 1 fully saturated rings. The number of nitrogens with zero attached hydrogens (tertiary/aromatic N) is 2. The third-order valence-electron chi connectivity index (χ3n) is 5.90. The fourth-order valence-electron chi connectivity index (χ4n) is 4.49. The molecule has 0 saturated carbocycles. The lowest BCUT2D eigenvalue weighted by molar-refractivity contribution is -0.157. The molecule has 5 atom stereocenters. The van der Waals surface area contributed by atoms with E-state index in [9.17, 15) is 14.4 Å². The van der Waals surface area contributed by atoms with Gasteiger partial charge in [0.2, 0.25) is 5.91 Å². The van der Waals surface area contributed by atoms with Crippen LogP contribution in [0.1, 0.15) is 74.7 Å². The second kappa shape index (κ2) is 11.0. The molecule has 1 saturated heterocycles. The largest absolute Gasteiger partial charge is 0.467 e. The molecule has 1 unspecified atom stereocenters. The molecule has 7 heteroatoms. The third kappa shape index (κ3) is 6.97. The molecular weight excluding hydrogens is 396 g/mol. The lowest BCUT2D eigenvalue weighted by Gasteiger charge is -2.41. The van der Waals surface area contributed by atoms with Crippen molar-refractivity contribution in [1.29, 1.82) is 0 Å². The molecule has 31 heavy (non-hydrogen) atoms. The Morgan fingerprint density at radius 1 is 1.23 bits per heavy atom. The maximum atomic E-state index is 13.9. The molecule has 0 spiro atoms. The van der Waals surface area contributed by atoms with Gasteiger partial charge >= 0.3 is 12.1 Å². The summed E-state index contributed by atoms with van der Waals surface area (Å²) in [7, 11) is 1.32. The average Bonchev–Trinajstić information content (AvgIpc) is 3.03. The van der Waals surface area contributed by atoms with Gasteiger partial charge in [0, 0.05) is 12.6 Å². The van der Waals surface area contributed by atoms with E-state index in [1.165, 1.54) is 12.0 Å². The number of hydrogen-bond donors (Lipinski definition) is 0. The minimum Gasteiger partial charge on any atom is -0.467 e. The molecule has 0 aromatic rings. The highest BCUT2D eigenvalue weighted by Crippen LogP contribution is 2.31. The van der Waals surface area contributed by atoms with Gasteiger partial charge in [-0.15, -0.1) is 6.58 Å². The van der Waals surface area contributed by atoms with Crippen LogP contribution in [0, 0.1) is 11.8 Å².